The molecule has 1 saturated carbocycles. The number of rotatable bonds is 6. The summed E-state index contributed by atoms with van der Waals surface area (Å²) in [4.78, 5) is 13.1. The van der Waals surface area contributed by atoms with Crippen LogP contribution in [0.2, 0.25) is 0 Å². The second-order valence-corrected chi connectivity index (χ2v) is 6.96. The van der Waals surface area contributed by atoms with E-state index in [0.717, 1.165) is 11.1 Å². The second kappa shape index (κ2) is 9.50. The van der Waals surface area contributed by atoms with Gasteiger partial charge in [0.25, 0.3) is 0 Å². The van der Waals surface area contributed by atoms with Gasteiger partial charge in [0.15, 0.2) is 28.8 Å². The van der Waals surface area contributed by atoms with Gasteiger partial charge in [-0.2, -0.15) is 0 Å². The number of aliphatic hydroxyl groups is 1. The van der Waals surface area contributed by atoms with Crippen LogP contribution >= 0.6 is 0 Å². The molecule has 2 aromatic carbocycles. The first-order chi connectivity index (χ1) is 14.5. The molecule has 0 heterocycles. The van der Waals surface area contributed by atoms with Crippen LogP contribution in [0.4, 0.5) is 0 Å². The highest BCUT2D eigenvalue weighted by Crippen LogP contribution is 2.33. The first-order valence-electron chi connectivity index (χ1n) is 9.57. The normalized spacial score (nSPS) is 19.1. The molecule has 3 rings (SSSR count). The van der Waals surface area contributed by atoms with Crippen molar-refractivity contribution in [1.29, 1.82) is 0 Å². The van der Waals surface area contributed by atoms with Crippen molar-refractivity contribution in [3.05, 3.63) is 58.7 Å². The molecule has 1 aliphatic rings. The number of Topliss-reactive ketones (excluding diaryl/α,β-unsaturated/α-hetero) is 1. The Labute approximate surface area is 176 Å². The van der Waals surface area contributed by atoms with E-state index in [1.165, 1.54) is 0 Å². The molecule has 0 saturated heterocycles. The molecule has 2 aromatic rings. The fraction of sp³-hybridized carbons (Fsp3) is 0.292. The maximum Gasteiger partial charge on any atom is 0.185 e. The van der Waals surface area contributed by atoms with E-state index in [9.17, 15) is 9.90 Å². The quantitative estimate of drug-likeness (QED) is 0.728. The Morgan fingerprint density at radius 1 is 0.733 bits per heavy atom. The zero-order chi connectivity index (χ0) is 21.7. The van der Waals surface area contributed by atoms with E-state index in [4.69, 9.17) is 18.9 Å². The minimum atomic E-state index is -0.625. The van der Waals surface area contributed by atoms with Gasteiger partial charge in [-0.25, -0.2) is 0 Å². The first-order valence-corrected chi connectivity index (χ1v) is 9.57. The largest absolute Gasteiger partial charge is 0.493 e. The Morgan fingerprint density at radius 2 is 1.13 bits per heavy atom. The van der Waals surface area contributed by atoms with E-state index in [2.05, 4.69) is 0 Å². The third kappa shape index (κ3) is 4.66. The van der Waals surface area contributed by atoms with E-state index in [1.807, 2.05) is 12.1 Å². The molecule has 158 valence electrons. The smallest absolute Gasteiger partial charge is 0.185 e. The number of ketones is 1. The van der Waals surface area contributed by atoms with Gasteiger partial charge in [-0.15, -0.1) is 0 Å². The van der Waals surface area contributed by atoms with Crippen LogP contribution in [0, 0.1) is 0 Å². The second-order valence-electron chi connectivity index (χ2n) is 6.96. The fourth-order valence-corrected chi connectivity index (χ4v) is 3.51. The number of hydrogen-bond acceptors (Lipinski definition) is 6. The van der Waals surface area contributed by atoms with Gasteiger partial charge in [-0.1, -0.05) is 12.1 Å². The molecule has 0 unspecified atom stereocenters. The Balaban J connectivity index is 1.93. The molecular formula is C24H26O6. The lowest BCUT2D eigenvalue weighted by atomic mass is 9.85. The van der Waals surface area contributed by atoms with E-state index < -0.39 is 6.10 Å². The molecule has 0 spiro atoms. The van der Waals surface area contributed by atoms with Gasteiger partial charge >= 0.3 is 0 Å². The third-order valence-electron chi connectivity index (χ3n) is 4.99. The van der Waals surface area contributed by atoms with Gasteiger partial charge in [0.1, 0.15) is 0 Å². The average molecular weight is 410 g/mol. The zero-order valence-electron chi connectivity index (χ0n) is 17.6. The molecule has 6 nitrogen and oxygen atoms in total. The van der Waals surface area contributed by atoms with Gasteiger partial charge in [-0.3, -0.25) is 4.79 Å². The average Bonchev–Trinajstić information content (AvgIpc) is 2.76. The maximum absolute atomic E-state index is 13.1. The van der Waals surface area contributed by atoms with Gasteiger partial charge < -0.3 is 24.1 Å². The highest BCUT2D eigenvalue weighted by molar-refractivity contribution is 6.14. The van der Waals surface area contributed by atoms with Crippen LogP contribution in [0.5, 0.6) is 23.0 Å². The number of benzene rings is 2. The fourth-order valence-electron chi connectivity index (χ4n) is 3.51. The molecule has 6 heteroatoms. The summed E-state index contributed by atoms with van der Waals surface area (Å²) in [5, 5.41) is 10.4. The Morgan fingerprint density at radius 3 is 1.50 bits per heavy atom. The van der Waals surface area contributed by atoms with Gasteiger partial charge in [0, 0.05) is 24.0 Å². The number of ether oxygens (including phenoxy) is 4. The van der Waals surface area contributed by atoms with Crippen LogP contribution < -0.4 is 18.9 Å². The van der Waals surface area contributed by atoms with Crippen molar-refractivity contribution in [2.24, 2.45) is 0 Å². The lowest BCUT2D eigenvalue weighted by Gasteiger charge is -2.22. The molecule has 0 amide bonds. The van der Waals surface area contributed by atoms with E-state index in [-0.39, 0.29) is 5.78 Å². The topological polar surface area (TPSA) is 74.2 Å². The molecule has 0 aliphatic heterocycles. The first kappa shape index (κ1) is 21.5. The van der Waals surface area contributed by atoms with Crippen molar-refractivity contribution in [3.63, 3.8) is 0 Å². The number of aliphatic hydroxyl groups excluding tert-OH is 1. The Kier molecular flexibility index (Phi) is 6.79. The predicted octanol–water partition coefficient (Wildman–Crippen LogP) is 3.91. The monoisotopic (exact) mass is 410 g/mol. The van der Waals surface area contributed by atoms with Crippen LogP contribution in [0.15, 0.2) is 47.5 Å². The Hall–Kier alpha value is -3.25. The minimum absolute atomic E-state index is 0.0788. The molecule has 1 aliphatic carbocycles. The summed E-state index contributed by atoms with van der Waals surface area (Å²) in [6.45, 7) is 0. The highest BCUT2D eigenvalue weighted by atomic mass is 16.5. The molecule has 0 atom stereocenters. The summed E-state index contributed by atoms with van der Waals surface area (Å²) in [7, 11) is 6.27. The summed E-state index contributed by atoms with van der Waals surface area (Å²) in [5.74, 6) is 2.31. The number of methoxy groups -OCH3 is 4. The number of hydrogen-bond donors (Lipinski definition) is 1. The summed E-state index contributed by atoms with van der Waals surface area (Å²) < 4.78 is 21.2. The van der Waals surface area contributed by atoms with Crippen LogP contribution in [0.25, 0.3) is 12.2 Å². The molecule has 1 fully saturated rings. The van der Waals surface area contributed by atoms with E-state index >= 15 is 0 Å². The predicted molar refractivity (Wildman–Crippen MR) is 115 cm³/mol. The minimum Gasteiger partial charge on any atom is -0.493 e. The van der Waals surface area contributed by atoms with E-state index in [0.29, 0.717) is 47.0 Å². The standard InChI is InChI=1S/C24H26O6/c1-27-20-7-5-15(11-22(20)29-3)9-17-13-19(25)14-18(24(17)26)10-16-6-8-21(28-2)23(12-16)30-4/h5-12,19,25H,13-14H2,1-4H3/b17-9+,18-10+. The van der Waals surface area contributed by atoms with Crippen molar-refractivity contribution in [1.82, 2.24) is 0 Å². The summed E-state index contributed by atoms with van der Waals surface area (Å²) in [5.41, 5.74) is 2.70. The van der Waals surface area contributed by atoms with Crippen molar-refractivity contribution < 1.29 is 28.8 Å². The molecule has 0 radical (unpaired) electrons. The van der Waals surface area contributed by atoms with Crippen LogP contribution in [0.1, 0.15) is 24.0 Å². The lowest BCUT2D eigenvalue weighted by molar-refractivity contribution is -0.113. The third-order valence-corrected chi connectivity index (χ3v) is 4.99. The molecule has 1 N–H and O–H groups in total. The van der Waals surface area contributed by atoms with Gasteiger partial charge in [0.05, 0.1) is 34.5 Å². The molecule has 30 heavy (non-hydrogen) atoms. The Bertz CT molecular complexity index is 912. The summed E-state index contributed by atoms with van der Waals surface area (Å²) in [6, 6.07) is 10.9. The highest BCUT2D eigenvalue weighted by Gasteiger charge is 2.26. The molecule has 0 aromatic heterocycles. The summed E-state index contributed by atoms with van der Waals surface area (Å²) >= 11 is 0. The molecule has 0 bridgehead atoms. The van der Waals surface area contributed by atoms with Crippen molar-refractivity contribution in [2.45, 2.75) is 18.9 Å². The van der Waals surface area contributed by atoms with E-state index in [1.54, 1.807) is 64.9 Å². The van der Waals surface area contributed by atoms with Crippen molar-refractivity contribution >= 4 is 17.9 Å². The number of carbonyl (C=O) groups is 1. The number of carbonyl (C=O) groups excluding carboxylic acids is 1. The van der Waals surface area contributed by atoms with Gasteiger partial charge in [-0.05, 0) is 47.5 Å². The molecular weight excluding hydrogens is 384 g/mol. The van der Waals surface area contributed by atoms with Crippen LogP contribution in [0.3, 0.4) is 0 Å². The van der Waals surface area contributed by atoms with Gasteiger partial charge in [0.2, 0.25) is 0 Å². The summed E-state index contributed by atoms with van der Waals surface area (Å²) in [6.07, 6.45) is 3.55. The van der Waals surface area contributed by atoms with Crippen molar-refractivity contribution in [2.75, 3.05) is 28.4 Å². The van der Waals surface area contributed by atoms with Crippen LogP contribution in [-0.2, 0) is 4.79 Å². The zero-order valence-corrected chi connectivity index (χ0v) is 17.6. The SMILES string of the molecule is COc1ccc(/C=C2\CC(O)C/C(=C\c3ccc(OC)c(OC)c3)C2=O)cc1OC. The lowest BCUT2D eigenvalue weighted by Crippen LogP contribution is -2.23. The van der Waals surface area contributed by atoms with Crippen molar-refractivity contribution in [3.8, 4) is 23.0 Å². The van der Waals surface area contributed by atoms with Crippen LogP contribution in [-0.4, -0.2) is 45.4 Å². The maximum atomic E-state index is 13.1.